The number of rotatable bonds is 7. The second kappa shape index (κ2) is 8.36. The van der Waals surface area contributed by atoms with Gasteiger partial charge in [-0.3, -0.25) is 9.59 Å². The van der Waals surface area contributed by atoms with E-state index in [9.17, 15) is 14.4 Å². The SMILES string of the molecule is CCCCOc1ccccc1NC(=O)N1CC(C(N)=O)C(C(N)=O)C1. The summed E-state index contributed by atoms with van der Waals surface area (Å²) < 4.78 is 5.68. The van der Waals surface area contributed by atoms with Gasteiger partial charge in [-0.2, -0.15) is 0 Å². The molecule has 1 aliphatic rings. The average molecular weight is 348 g/mol. The van der Waals surface area contributed by atoms with Gasteiger partial charge in [-0.25, -0.2) is 4.79 Å². The summed E-state index contributed by atoms with van der Waals surface area (Å²) in [6.45, 7) is 2.75. The first kappa shape index (κ1) is 18.6. The van der Waals surface area contributed by atoms with Crippen molar-refractivity contribution >= 4 is 23.5 Å². The molecule has 8 heteroatoms. The number of hydrogen-bond acceptors (Lipinski definition) is 4. The van der Waals surface area contributed by atoms with Crippen LogP contribution in [0.3, 0.4) is 0 Å². The van der Waals surface area contributed by atoms with Gasteiger partial charge in [0.25, 0.3) is 0 Å². The number of benzene rings is 1. The topological polar surface area (TPSA) is 128 Å². The number of para-hydroxylation sites is 2. The fourth-order valence-corrected chi connectivity index (χ4v) is 2.76. The van der Waals surface area contributed by atoms with Crippen molar-refractivity contribution < 1.29 is 19.1 Å². The molecule has 136 valence electrons. The molecule has 2 atom stereocenters. The predicted octanol–water partition coefficient (Wildman–Crippen LogP) is 0.916. The Kier molecular flexibility index (Phi) is 6.21. The molecule has 0 bridgehead atoms. The second-order valence-corrected chi connectivity index (χ2v) is 6.05. The van der Waals surface area contributed by atoms with Crippen LogP contribution in [0.1, 0.15) is 19.8 Å². The fraction of sp³-hybridized carbons (Fsp3) is 0.471. The maximum absolute atomic E-state index is 12.5. The Labute approximate surface area is 146 Å². The van der Waals surface area contributed by atoms with Crippen LogP contribution in [-0.4, -0.2) is 42.4 Å². The number of nitrogens with two attached hydrogens (primary N) is 2. The number of amides is 4. The van der Waals surface area contributed by atoms with Crippen molar-refractivity contribution in [3.8, 4) is 5.75 Å². The van der Waals surface area contributed by atoms with Gasteiger partial charge in [-0.05, 0) is 18.6 Å². The number of likely N-dealkylation sites (tertiary alicyclic amines) is 1. The number of hydrogen-bond donors (Lipinski definition) is 3. The van der Waals surface area contributed by atoms with Crippen molar-refractivity contribution in [2.45, 2.75) is 19.8 Å². The molecule has 1 aliphatic heterocycles. The Morgan fingerprint density at radius 1 is 1.16 bits per heavy atom. The summed E-state index contributed by atoms with van der Waals surface area (Å²) in [6.07, 6.45) is 1.92. The number of urea groups is 1. The van der Waals surface area contributed by atoms with Gasteiger partial charge in [0.15, 0.2) is 0 Å². The summed E-state index contributed by atoms with van der Waals surface area (Å²) in [5.41, 5.74) is 11.1. The molecule has 5 N–H and O–H groups in total. The molecule has 8 nitrogen and oxygen atoms in total. The third-order valence-electron chi connectivity index (χ3n) is 4.22. The van der Waals surface area contributed by atoms with E-state index in [0.29, 0.717) is 18.0 Å². The lowest BCUT2D eigenvalue weighted by Crippen LogP contribution is -2.36. The highest BCUT2D eigenvalue weighted by atomic mass is 16.5. The van der Waals surface area contributed by atoms with Gasteiger partial charge in [0, 0.05) is 13.1 Å². The van der Waals surface area contributed by atoms with Crippen LogP contribution in [0, 0.1) is 11.8 Å². The van der Waals surface area contributed by atoms with Crippen LogP contribution in [0.4, 0.5) is 10.5 Å². The minimum absolute atomic E-state index is 0.0631. The number of carbonyl (C=O) groups excluding carboxylic acids is 3. The molecule has 1 saturated heterocycles. The standard InChI is InChI=1S/C17H24N4O4/c1-2-3-8-25-14-7-5-4-6-13(14)20-17(24)21-9-11(15(18)22)12(10-21)16(19)23/h4-7,11-12H,2-3,8-10H2,1H3,(H2,18,22)(H2,19,23)(H,20,24). The van der Waals surface area contributed by atoms with Crippen LogP contribution in [0.2, 0.25) is 0 Å². The summed E-state index contributed by atoms with van der Waals surface area (Å²) in [7, 11) is 0. The van der Waals surface area contributed by atoms with Crippen LogP contribution in [0.25, 0.3) is 0 Å². The first-order valence-corrected chi connectivity index (χ1v) is 8.30. The van der Waals surface area contributed by atoms with Crippen molar-refractivity contribution in [1.82, 2.24) is 4.90 Å². The lowest BCUT2D eigenvalue weighted by atomic mass is 9.95. The van der Waals surface area contributed by atoms with Crippen LogP contribution in [0.5, 0.6) is 5.75 Å². The van der Waals surface area contributed by atoms with Crippen molar-refractivity contribution in [3.63, 3.8) is 0 Å². The number of nitrogens with one attached hydrogen (secondary N) is 1. The Morgan fingerprint density at radius 3 is 2.32 bits per heavy atom. The van der Waals surface area contributed by atoms with E-state index in [0.717, 1.165) is 12.8 Å². The van der Waals surface area contributed by atoms with E-state index in [4.69, 9.17) is 16.2 Å². The molecule has 1 aromatic carbocycles. The summed E-state index contributed by atoms with van der Waals surface area (Å²) in [6, 6.07) is 6.67. The molecule has 0 radical (unpaired) electrons. The molecule has 0 aliphatic carbocycles. The van der Waals surface area contributed by atoms with Gasteiger partial charge in [0.05, 0.1) is 24.1 Å². The molecule has 1 aromatic rings. The number of primary amides is 2. The number of ether oxygens (including phenoxy) is 1. The Morgan fingerprint density at radius 2 is 1.76 bits per heavy atom. The number of anilines is 1. The molecule has 0 aromatic heterocycles. The lowest BCUT2D eigenvalue weighted by Gasteiger charge is -2.18. The minimum atomic E-state index is -0.765. The van der Waals surface area contributed by atoms with Crippen molar-refractivity contribution in [2.75, 3.05) is 25.0 Å². The molecular formula is C17H24N4O4. The van der Waals surface area contributed by atoms with Crippen LogP contribution < -0.4 is 21.5 Å². The quantitative estimate of drug-likeness (QED) is 0.633. The van der Waals surface area contributed by atoms with E-state index in [2.05, 4.69) is 12.2 Å². The number of carbonyl (C=O) groups is 3. The Balaban J connectivity index is 2.05. The van der Waals surface area contributed by atoms with Gasteiger partial charge in [0.1, 0.15) is 5.75 Å². The Bertz CT molecular complexity index is 627. The molecule has 1 heterocycles. The summed E-state index contributed by atoms with van der Waals surface area (Å²) in [4.78, 5) is 36.8. The van der Waals surface area contributed by atoms with Crippen LogP contribution in [0.15, 0.2) is 24.3 Å². The highest BCUT2D eigenvalue weighted by molar-refractivity contribution is 5.94. The van der Waals surface area contributed by atoms with Crippen molar-refractivity contribution in [1.29, 1.82) is 0 Å². The number of unbranched alkanes of at least 4 members (excludes halogenated alkanes) is 1. The summed E-state index contributed by atoms with van der Waals surface area (Å²) >= 11 is 0. The molecule has 1 fully saturated rings. The maximum atomic E-state index is 12.5. The van der Waals surface area contributed by atoms with Gasteiger partial charge in [-0.15, -0.1) is 0 Å². The smallest absolute Gasteiger partial charge is 0.321 e. The van der Waals surface area contributed by atoms with Gasteiger partial charge in [0.2, 0.25) is 11.8 Å². The molecule has 4 amide bonds. The second-order valence-electron chi connectivity index (χ2n) is 6.05. The lowest BCUT2D eigenvalue weighted by molar-refractivity contribution is -0.129. The zero-order valence-electron chi connectivity index (χ0n) is 14.2. The molecule has 0 spiro atoms. The zero-order chi connectivity index (χ0) is 18.4. The van der Waals surface area contributed by atoms with E-state index in [1.165, 1.54) is 4.90 Å². The molecule has 2 rings (SSSR count). The highest BCUT2D eigenvalue weighted by Crippen LogP contribution is 2.27. The van der Waals surface area contributed by atoms with E-state index in [1.54, 1.807) is 18.2 Å². The monoisotopic (exact) mass is 348 g/mol. The average Bonchev–Trinajstić information content (AvgIpc) is 3.02. The first-order valence-electron chi connectivity index (χ1n) is 8.30. The third-order valence-corrected chi connectivity index (χ3v) is 4.22. The van der Waals surface area contributed by atoms with E-state index in [-0.39, 0.29) is 13.1 Å². The molecule has 0 saturated carbocycles. The summed E-state index contributed by atoms with van der Waals surface area (Å²) in [5, 5.41) is 2.76. The van der Waals surface area contributed by atoms with E-state index >= 15 is 0 Å². The van der Waals surface area contributed by atoms with E-state index < -0.39 is 29.7 Å². The van der Waals surface area contributed by atoms with Gasteiger partial charge >= 0.3 is 6.03 Å². The molecular weight excluding hydrogens is 324 g/mol. The zero-order valence-corrected chi connectivity index (χ0v) is 14.2. The Hall–Kier alpha value is -2.77. The first-order chi connectivity index (χ1) is 11.9. The van der Waals surface area contributed by atoms with Gasteiger partial charge < -0.3 is 26.4 Å². The van der Waals surface area contributed by atoms with Crippen LogP contribution in [-0.2, 0) is 9.59 Å². The largest absolute Gasteiger partial charge is 0.491 e. The maximum Gasteiger partial charge on any atom is 0.321 e. The normalized spacial score (nSPS) is 19.5. The van der Waals surface area contributed by atoms with Crippen LogP contribution >= 0.6 is 0 Å². The minimum Gasteiger partial charge on any atom is -0.491 e. The van der Waals surface area contributed by atoms with E-state index in [1.807, 2.05) is 6.07 Å². The summed E-state index contributed by atoms with van der Waals surface area (Å²) in [5.74, 6) is -2.23. The fourth-order valence-electron chi connectivity index (χ4n) is 2.76. The van der Waals surface area contributed by atoms with Crippen molar-refractivity contribution in [3.05, 3.63) is 24.3 Å². The predicted molar refractivity (Wildman–Crippen MR) is 92.8 cm³/mol. The third kappa shape index (κ3) is 4.62. The highest BCUT2D eigenvalue weighted by Gasteiger charge is 2.41. The number of nitrogens with zero attached hydrogens (tertiary/aromatic N) is 1. The van der Waals surface area contributed by atoms with Gasteiger partial charge in [-0.1, -0.05) is 25.5 Å². The molecule has 2 unspecified atom stereocenters. The van der Waals surface area contributed by atoms with Crippen molar-refractivity contribution in [2.24, 2.45) is 23.3 Å². The molecule has 25 heavy (non-hydrogen) atoms.